The number of hydrogen-bond donors (Lipinski definition) is 2. The van der Waals surface area contributed by atoms with Crippen LogP contribution in [0.15, 0.2) is 207 Å². The molecule has 0 heterocycles. The second-order valence-corrected chi connectivity index (χ2v) is 24.8. The fourth-order valence-electron chi connectivity index (χ4n) is 9.35. The van der Waals surface area contributed by atoms with Crippen molar-refractivity contribution >= 4 is 19.8 Å². The molecule has 0 aliphatic carbocycles. The Labute approximate surface area is 569 Å². The van der Waals surface area contributed by atoms with Gasteiger partial charge in [-0.15, -0.1) is 0 Å². The van der Waals surface area contributed by atoms with E-state index in [0.717, 1.165) is 167 Å². The molecular formula is C83H132NO8P. The lowest BCUT2D eigenvalue weighted by Gasteiger charge is -2.19. The molecule has 0 aliphatic rings. The highest BCUT2D eigenvalue weighted by molar-refractivity contribution is 7.47. The number of carbonyl (C=O) groups excluding carboxylic acids is 2. The lowest BCUT2D eigenvalue weighted by molar-refractivity contribution is -0.161. The third kappa shape index (κ3) is 75.5. The molecule has 93 heavy (non-hydrogen) atoms. The standard InChI is InChI=1S/C83H132NO8P/c1-3-5-7-9-11-13-15-17-19-21-23-25-27-29-31-33-35-36-37-38-39-40-41-42-43-44-46-48-50-52-54-56-58-60-62-64-66-68-70-72-74-76-83(86)92-81(80-91-93(87,88)90-78-77-84)79-89-82(85)75-73-71-69-67-65-63-61-59-57-55-53-51-49-47-45-34-32-30-28-26-24-22-20-18-16-14-12-10-8-6-4-2/h5-8,11-14,17-20,23-26,29-32,35-36,38-39,41-42,44-47,50,52,56,58,81H,3-4,9-10,15-16,21-22,27-28,33-34,37,40,43,48-49,51,53-55,57,59-80,84H2,1-2H3,(H,87,88)/b7-5-,8-6-,13-11-,14-12-,19-17-,20-18-,25-23-,26-24-,31-29-,32-30-,36-35-,39-38-,42-41-,46-44-,47-45-,52-50-,58-56-. The number of allylic oxidation sites excluding steroid dienone is 34. The number of esters is 2. The lowest BCUT2D eigenvalue weighted by atomic mass is 10.0. The van der Waals surface area contributed by atoms with Crippen LogP contribution >= 0.6 is 7.82 Å². The van der Waals surface area contributed by atoms with Crippen LogP contribution in [0.2, 0.25) is 0 Å². The number of ether oxygens (including phenoxy) is 2. The molecule has 0 aromatic heterocycles. The van der Waals surface area contributed by atoms with E-state index in [-0.39, 0.29) is 32.6 Å². The predicted octanol–water partition coefficient (Wildman–Crippen LogP) is 24.6. The van der Waals surface area contributed by atoms with Gasteiger partial charge in [-0.2, -0.15) is 0 Å². The largest absolute Gasteiger partial charge is 0.472 e. The van der Waals surface area contributed by atoms with Crippen molar-refractivity contribution in [2.45, 2.75) is 277 Å². The highest BCUT2D eigenvalue weighted by Gasteiger charge is 2.26. The van der Waals surface area contributed by atoms with Gasteiger partial charge in [-0.25, -0.2) is 4.57 Å². The highest BCUT2D eigenvalue weighted by atomic mass is 31.2. The number of carbonyl (C=O) groups is 2. The van der Waals surface area contributed by atoms with Gasteiger partial charge in [0.1, 0.15) is 6.61 Å². The van der Waals surface area contributed by atoms with Gasteiger partial charge in [0.05, 0.1) is 13.2 Å². The third-order valence-corrected chi connectivity index (χ3v) is 15.6. The van der Waals surface area contributed by atoms with E-state index in [2.05, 4.69) is 220 Å². The first-order valence-electron chi connectivity index (χ1n) is 36.6. The van der Waals surface area contributed by atoms with Crippen molar-refractivity contribution in [2.75, 3.05) is 26.4 Å². The van der Waals surface area contributed by atoms with Crippen LogP contribution in [0.25, 0.3) is 0 Å². The van der Waals surface area contributed by atoms with Crippen molar-refractivity contribution in [1.82, 2.24) is 0 Å². The SMILES string of the molecule is CC/C=C\C/C=C\C/C=C\C/C=C\C/C=C\C/C=C\C/C=C\C/C=C\C/C=C\C/C=C\C/C=C\CCCCCCCCCC(=O)OC(COC(=O)CCCCCCCCCCCCCC/C=C\C/C=C\C/C=C\C/C=C\C/C=C\C/C=C\CC)COP(=O)(O)OCCN. The zero-order chi connectivity index (χ0) is 67.2. The maximum Gasteiger partial charge on any atom is 0.472 e. The van der Waals surface area contributed by atoms with Crippen molar-refractivity contribution in [2.24, 2.45) is 5.73 Å². The Kier molecular flexibility index (Phi) is 71.2. The summed E-state index contributed by atoms with van der Waals surface area (Å²) < 4.78 is 33.2. The zero-order valence-electron chi connectivity index (χ0n) is 58.6. The summed E-state index contributed by atoms with van der Waals surface area (Å²) in [6, 6.07) is 0. The molecule has 9 nitrogen and oxygen atoms in total. The number of unbranched alkanes of at least 4 members (excludes halogenated alkanes) is 19. The van der Waals surface area contributed by atoms with Crippen LogP contribution in [0.5, 0.6) is 0 Å². The van der Waals surface area contributed by atoms with Gasteiger partial charge in [0.2, 0.25) is 0 Å². The molecule has 0 bridgehead atoms. The van der Waals surface area contributed by atoms with E-state index < -0.39 is 32.5 Å². The van der Waals surface area contributed by atoms with Crippen LogP contribution in [0.3, 0.4) is 0 Å². The summed E-state index contributed by atoms with van der Waals surface area (Å²) in [5.41, 5.74) is 5.40. The van der Waals surface area contributed by atoms with Gasteiger partial charge < -0.3 is 20.1 Å². The third-order valence-electron chi connectivity index (χ3n) is 14.7. The summed E-state index contributed by atoms with van der Waals surface area (Å²) in [5.74, 6) is -0.854. The van der Waals surface area contributed by atoms with Crippen LogP contribution in [0.1, 0.15) is 271 Å². The molecule has 0 spiro atoms. The predicted molar refractivity (Wildman–Crippen MR) is 403 cm³/mol. The Hall–Kier alpha value is -5.41. The number of phosphoric ester groups is 1. The molecule has 0 rings (SSSR count). The van der Waals surface area contributed by atoms with Gasteiger partial charge in [-0.3, -0.25) is 18.6 Å². The quantitative estimate of drug-likeness (QED) is 0.0264. The van der Waals surface area contributed by atoms with Gasteiger partial charge in [0.15, 0.2) is 6.10 Å². The van der Waals surface area contributed by atoms with Crippen molar-refractivity contribution in [3.05, 3.63) is 207 Å². The number of phosphoric acid groups is 1. The first-order chi connectivity index (χ1) is 45.8. The minimum atomic E-state index is -4.41. The Balaban J connectivity index is 3.99. The van der Waals surface area contributed by atoms with E-state index >= 15 is 0 Å². The number of hydrogen-bond acceptors (Lipinski definition) is 8. The minimum Gasteiger partial charge on any atom is -0.462 e. The van der Waals surface area contributed by atoms with E-state index in [1.54, 1.807) is 0 Å². The fraction of sp³-hybridized carbons (Fsp3) is 0.566. The highest BCUT2D eigenvalue weighted by Crippen LogP contribution is 2.43. The second kappa shape index (κ2) is 75.6. The van der Waals surface area contributed by atoms with E-state index in [4.69, 9.17) is 24.3 Å². The van der Waals surface area contributed by atoms with Crippen molar-refractivity contribution in [3.8, 4) is 0 Å². The van der Waals surface area contributed by atoms with Crippen molar-refractivity contribution < 1.29 is 37.6 Å². The Bertz CT molecular complexity index is 2280. The fourth-order valence-corrected chi connectivity index (χ4v) is 10.1. The molecule has 0 aromatic carbocycles. The van der Waals surface area contributed by atoms with E-state index in [1.807, 2.05) is 0 Å². The maximum atomic E-state index is 12.8. The van der Waals surface area contributed by atoms with E-state index in [9.17, 15) is 19.0 Å². The summed E-state index contributed by atoms with van der Waals surface area (Å²) in [5, 5.41) is 0. The molecule has 2 atom stereocenters. The van der Waals surface area contributed by atoms with Crippen LogP contribution in [0, 0.1) is 0 Å². The number of nitrogens with two attached hydrogens (primary N) is 1. The van der Waals surface area contributed by atoms with Gasteiger partial charge in [-0.05, 0) is 148 Å². The van der Waals surface area contributed by atoms with Crippen LogP contribution in [-0.2, 0) is 32.7 Å². The molecule has 10 heteroatoms. The second-order valence-electron chi connectivity index (χ2n) is 23.3. The Morgan fingerprint density at radius 1 is 0.323 bits per heavy atom. The molecule has 0 radical (unpaired) electrons. The summed E-state index contributed by atoms with van der Waals surface area (Å²) >= 11 is 0. The lowest BCUT2D eigenvalue weighted by Crippen LogP contribution is -2.29. The van der Waals surface area contributed by atoms with E-state index in [1.165, 1.54) is 70.6 Å². The van der Waals surface area contributed by atoms with Crippen LogP contribution in [-0.4, -0.2) is 49.3 Å². The topological polar surface area (TPSA) is 134 Å². The molecule has 0 fully saturated rings. The molecule has 2 unspecified atom stereocenters. The van der Waals surface area contributed by atoms with Crippen LogP contribution < -0.4 is 5.73 Å². The first-order valence-corrected chi connectivity index (χ1v) is 38.1. The smallest absolute Gasteiger partial charge is 0.462 e. The average Bonchev–Trinajstić information content (AvgIpc) is 3.49. The Morgan fingerprint density at radius 2 is 0.559 bits per heavy atom. The zero-order valence-corrected chi connectivity index (χ0v) is 59.5. The summed E-state index contributed by atoms with van der Waals surface area (Å²) in [7, 11) is -4.41. The minimum absolute atomic E-state index is 0.0411. The summed E-state index contributed by atoms with van der Waals surface area (Å²) in [6.45, 7) is 3.49. The molecular weight excluding hydrogens is 1170 g/mol. The van der Waals surface area contributed by atoms with E-state index in [0.29, 0.717) is 6.42 Å². The van der Waals surface area contributed by atoms with Gasteiger partial charge in [0, 0.05) is 19.4 Å². The summed E-state index contributed by atoms with van der Waals surface area (Å²) in [4.78, 5) is 35.4. The van der Waals surface area contributed by atoms with Crippen molar-refractivity contribution in [3.63, 3.8) is 0 Å². The molecule has 3 N–H and O–H groups in total. The van der Waals surface area contributed by atoms with Gasteiger partial charge in [-0.1, -0.05) is 317 Å². The summed E-state index contributed by atoms with van der Waals surface area (Å²) in [6.07, 6.45) is 116. The van der Waals surface area contributed by atoms with Crippen molar-refractivity contribution in [1.29, 1.82) is 0 Å². The van der Waals surface area contributed by atoms with Crippen LogP contribution in [0.4, 0.5) is 0 Å². The van der Waals surface area contributed by atoms with Gasteiger partial charge >= 0.3 is 19.8 Å². The monoisotopic (exact) mass is 1300 g/mol. The molecule has 0 aromatic rings. The van der Waals surface area contributed by atoms with Gasteiger partial charge in [0.25, 0.3) is 0 Å². The maximum absolute atomic E-state index is 12.8. The number of rotatable bonds is 66. The normalized spacial score (nSPS) is 14.2. The first kappa shape index (κ1) is 87.6. The molecule has 0 amide bonds. The Morgan fingerprint density at radius 3 is 0.828 bits per heavy atom. The average molecular weight is 1300 g/mol. The molecule has 522 valence electrons. The molecule has 0 saturated carbocycles. The molecule has 0 aliphatic heterocycles. The molecule has 0 saturated heterocycles.